The maximum absolute atomic E-state index is 13.1. The Labute approximate surface area is 224 Å². The number of ether oxygens (including phenoxy) is 1. The first kappa shape index (κ1) is 24.2. The standard InChI is InChI=1S/C24H16Br2Cl2N2O2S/c1-29-21(23(31)30(24(29)33)16-5-3-2-4-6-16)12-15-9-17(25)22(18(26)10-15)32-13-14-7-8-19(27)20(28)11-14/h2-12H,13H2,1H3/b21-12-. The Morgan fingerprint density at radius 2 is 1.67 bits per heavy atom. The number of carbonyl (C=O) groups excluding carboxylic acids is 1. The van der Waals surface area contributed by atoms with Gasteiger partial charge in [-0.1, -0.05) is 47.5 Å². The number of halogens is 4. The van der Waals surface area contributed by atoms with Crippen molar-refractivity contribution in [2.75, 3.05) is 11.9 Å². The molecule has 168 valence electrons. The molecule has 1 fully saturated rings. The third-order valence-electron chi connectivity index (χ3n) is 4.97. The van der Waals surface area contributed by atoms with Crippen LogP contribution >= 0.6 is 67.3 Å². The third kappa shape index (κ3) is 5.12. The smallest absolute Gasteiger partial charge is 0.281 e. The van der Waals surface area contributed by atoms with E-state index in [1.54, 1.807) is 30.2 Å². The number of anilines is 1. The third-order valence-corrected chi connectivity index (χ3v) is 7.34. The Morgan fingerprint density at radius 1 is 1.00 bits per heavy atom. The predicted molar refractivity (Wildman–Crippen MR) is 145 cm³/mol. The van der Waals surface area contributed by atoms with Crippen molar-refractivity contribution >= 4 is 90.1 Å². The Balaban J connectivity index is 1.58. The van der Waals surface area contributed by atoms with Gasteiger partial charge in [-0.05, 0) is 97.7 Å². The van der Waals surface area contributed by atoms with Gasteiger partial charge in [-0.2, -0.15) is 0 Å². The highest BCUT2D eigenvalue weighted by atomic mass is 79.9. The molecule has 9 heteroatoms. The summed E-state index contributed by atoms with van der Waals surface area (Å²) in [5, 5.41) is 1.40. The van der Waals surface area contributed by atoms with Crippen molar-refractivity contribution in [2.45, 2.75) is 6.61 Å². The summed E-state index contributed by atoms with van der Waals surface area (Å²) in [6.45, 7) is 0.316. The Bertz CT molecular complexity index is 1260. The van der Waals surface area contributed by atoms with Crippen LogP contribution in [-0.4, -0.2) is 23.0 Å². The van der Waals surface area contributed by atoms with E-state index in [9.17, 15) is 4.79 Å². The highest BCUT2D eigenvalue weighted by Gasteiger charge is 2.36. The van der Waals surface area contributed by atoms with Crippen molar-refractivity contribution in [1.82, 2.24) is 4.90 Å². The second kappa shape index (κ2) is 10.2. The minimum atomic E-state index is -0.180. The lowest BCUT2D eigenvalue weighted by Crippen LogP contribution is -2.30. The molecule has 33 heavy (non-hydrogen) atoms. The predicted octanol–water partition coefficient (Wildman–Crippen LogP) is 7.70. The maximum Gasteiger partial charge on any atom is 0.281 e. The molecule has 4 rings (SSSR count). The van der Waals surface area contributed by atoms with Gasteiger partial charge in [0.1, 0.15) is 18.1 Å². The van der Waals surface area contributed by atoms with E-state index in [0.29, 0.717) is 33.2 Å². The first-order valence-corrected chi connectivity index (χ1v) is 12.5. The lowest BCUT2D eigenvalue weighted by Gasteiger charge is -2.16. The lowest BCUT2D eigenvalue weighted by atomic mass is 10.1. The Morgan fingerprint density at radius 3 is 2.30 bits per heavy atom. The van der Waals surface area contributed by atoms with Gasteiger partial charge in [-0.25, -0.2) is 0 Å². The molecule has 1 saturated heterocycles. The average molecular weight is 627 g/mol. The number of nitrogens with zero attached hydrogens (tertiary/aromatic N) is 2. The summed E-state index contributed by atoms with van der Waals surface area (Å²) >= 11 is 24.7. The SMILES string of the molecule is CN1C(=S)N(c2ccccc2)C(=O)/C1=C/c1cc(Br)c(OCc2ccc(Cl)c(Cl)c2)c(Br)c1. The molecule has 1 aliphatic heterocycles. The highest BCUT2D eigenvalue weighted by molar-refractivity contribution is 9.11. The van der Waals surface area contributed by atoms with Crippen molar-refractivity contribution in [3.63, 3.8) is 0 Å². The fourth-order valence-corrected chi connectivity index (χ4v) is 5.36. The zero-order valence-corrected chi connectivity index (χ0v) is 22.7. The number of amides is 1. The molecule has 3 aromatic rings. The van der Waals surface area contributed by atoms with Gasteiger partial charge in [0.15, 0.2) is 5.11 Å². The molecule has 0 aromatic heterocycles. The van der Waals surface area contributed by atoms with E-state index < -0.39 is 0 Å². The second-order valence-corrected chi connectivity index (χ2v) is 10.1. The molecule has 0 N–H and O–H groups in total. The average Bonchev–Trinajstić information content (AvgIpc) is 2.99. The lowest BCUT2D eigenvalue weighted by molar-refractivity contribution is -0.114. The number of carbonyl (C=O) groups is 1. The molecule has 0 unspecified atom stereocenters. The van der Waals surface area contributed by atoms with Gasteiger partial charge < -0.3 is 9.64 Å². The summed E-state index contributed by atoms with van der Waals surface area (Å²) in [7, 11) is 1.79. The molecular formula is C24H16Br2Cl2N2O2S. The topological polar surface area (TPSA) is 32.8 Å². The molecule has 0 spiro atoms. The van der Waals surface area contributed by atoms with Gasteiger partial charge in [0.05, 0.1) is 24.7 Å². The summed E-state index contributed by atoms with van der Waals surface area (Å²) in [6.07, 6.45) is 1.80. The largest absolute Gasteiger partial charge is 0.487 e. The number of hydrogen-bond acceptors (Lipinski definition) is 3. The van der Waals surface area contributed by atoms with E-state index in [4.69, 9.17) is 40.2 Å². The molecule has 4 nitrogen and oxygen atoms in total. The summed E-state index contributed by atoms with van der Waals surface area (Å²) in [5.41, 5.74) is 2.91. The minimum absolute atomic E-state index is 0.180. The van der Waals surface area contributed by atoms with Crippen molar-refractivity contribution in [1.29, 1.82) is 0 Å². The Hall–Kier alpha value is -1.90. The fraction of sp³-hybridized carbons (Fsp3) is 0.0833. The van der Waals surface area contributed by atoms with E-state index >= 15 is 0 Å². The van der Waals surface area contributed by atoms with Crippen LogP contribution in [-0.2, 0) is 11.4 Å². The zero-order valence-electron chi connectivity index (χ0n) is 17.2. The van der Waals surface area contributed by atoms with Gasteiger partial charge in [0, 0.05) is 7.05 Å². The number of para-hydroxylation sites is 1. The van der Waals surface area contributed by atoms with Crippen LogP contribution in [0.5, 0.6) is 5.75 Å². The molecule has 3 aromatic carbocycles. The molecule has 0 saturated carbocycles. The molecule has 0 aliphatic carbocycles. The summed E-state index contributed by atoms with van der Waals surface area (Å²) in [4.78, 5) is 16.4. The van der Waals surface area contributed by atoms with Crippen LogP contribution in [0.25, 0.3) is 6.08 Å². The molecule has 0 atom stereocenters. The second-order valence-electron chi connectivity index (χ2n) is 7.20. The van der Waals surface area contributed by atoms with E-state index in [0.717, 1.165) is 25.8 Å². The van der Waals surface area contributed by atoms with Gasteiger partial charge in [0.25, 0.3) is 5.91 Å². The van der Waals surface area contributed by atoms with Crippen LogP contribution in [0, 0.1) is 0 Å². The number of hydrogen-bond donors (Lipinski definition) is 0. The van der Waals surface area contributed by atoms with Gasteiger partial charge in [0.2, 0.25) is 0 Å². The molecule has 1 amide bonds. The molecule has 1 heterocycles. The molecule has 1 aliphatic rings. The van der Waals surface area contributed by atoms with Crippen LogP contribution in [0.4, 0.5) is 5.69 Å². The van der Waals surface area contributed by atoms with Crippen LogP contribution in [0.2, 0.25) is 10.0 Å². The number of likely N-dealkylation sites (N-methyl/N-ethyl adjacent to an activating group) is 1. The van der Waals surface area contributed by atoms with Crippen LogP contribution in [0.15, 0.2) is 75.3 Å². The van der Waals surface area contributed by atoms with E-state index in [1.165, 1.54) is 4.90 Å². The fourth-order valence-electron chi connectivity index (χ4n) is 3.30. The number of benzene rings is 3. The summed E-state index contributed by atoms with van der Waals surface area (Å²) in [6, 6.07) is 18.5. The summed E-state index contributed by atoms with van der Waals surface area (Å²) < 4.78 is 7.46. The van der Waals surface area contributed by atoms with Gasteiger partial charge >= 0.3 is 0 Å². The van der Waals surface area contributed by atoms with Gasteiger partial charge in [-0.15, -0.1) is 0 Å². The number of rotatable bonds is 5. The maximum atomic E-state index is 13.1. The first-order chi connectivity index (χ1) is 15.8. The molecule has 0 radical (unpaired) electrons. The van der Waals surface area contributed by atoms with Crippen molar-refractivity contribution in [2.24, 2.45) is 0 Å². The first-order valence-electron chi connectivity index (χ1n) is 9.71. The normalized spacial score (nSPS) is 15.0. The van der Waals surface area contributed by atoms with Crippen molar-refractivity contribution in [3.05, 3.63) is 96.5 Å². The highest BCUT2D eigenvalue weighted by Crippen LogP contribution is 2.37. The Kier molecular flexibility index (Phi) is 7.46. The summed E-state index contributed by atoms with van der Waals surface area (Å²) in [5.74, 6) is 0.455. The van der Waals surface area contributed by atoms with E-state index in [2.05, 4.69) is 31.9 Å². The van der Waals surface area contributed by atoms with Crippen LogP contribution in [0.1, 0.15) is 11.1 Å². The van der Waals surface area contributed by atoms with E-state index in [-0.39, 0.29) is 5.91 Å². The monoisotopic (exact) mass is 624 g/mol. The quantitative estimate of drug-likeness (QED) is 0.215. The van der Waals surface area contributed by atoms with Crippen molar-refractivity contribution < 1.29 is 9.53 Å². The van der Waals surface area contributed by atoms with E-state index in [1.807, 2.05) is 48.5 Å². The molecule has 0 bridgehead atoms. The number of thiocarbonyl (C=S) groups is 1. The van der Waals surface area contributed by atoms with Crippen LogP contribution < -0.4 is 9.64 Å². The van der Waals surface area contributed by atoms with Crippen molar-refractivity contribution in [3.8, 4) is 5.75 Å². The van der Waals surface area contributed by atoms with Crippen LogP contribution in [0.3, 0.4) is 0 Å². The van der Waals surface area contributed by atoms with Gasteiger partial charge in [-0.3, -0.25) is 9.69 Å². The molecular weight excluding hydrogens is 611 g/mol. The zero-order chi connectivity index (χ0) is 23.7. The minimum Gasteiger partial charge on any atom is -0.487 e.